The number of fused-ring (bicyclic) bond motifs is 1. The maximum Gasteiger partial charge on any atom is 0.317 e. The summed E-state index contributed by atoms with van der Waals surface area (Å²) in [5.41, 5.74) is 3.26. The van der Waals surface area contributed by atoms with Crippen molar-refractivity contribution in [1.82, 2.24) is 30.2 Å². The number of hydrogen-bond acceptors (Lipinski definition) is 5. The number of likely N-dealkylation sites (tertiary alicyclic amines) is 1. The summed E-state index contributed by atoms with van der Waals surface area (Å²) in [4.78, 5) is 48.0. The lowest BCUT2D eigenvalue weighted by Gasteiger charge is -2.42. The molecule has 2 atom stereocenters. The molecule has 4 amide bonds. The Hall–Kier alpha value is -3.54. The predicted octanol–water partition coefficient (Wildman–Crippen LogP) is 6.83. The van der Waals surface area contributed by atoms with Crippen LogP contribution < -0.4 is 5.32 Å². The highest BCUT2D eigenvalue weighted by Crippen LogP contribution is 2.54. The van der Waals surface area contributed by atoms with Gasteiger partial charge in [0, 0.05) is 54.2 Å². The van der Waals surface area contributed by atoms with Crippen molar-refractivity contribution < 1.29 is 14.4 Å². The van der Waals surface area contributed by atoms with Crippen LogP contribution in [0.15, 0.2) is 82.2 Å². The summed E-state index contributed by atoms with van der Waals surface area (Å²) >= 11 is 11.2. The highest BCUT2D eigenvalue weighted by atomic mass is 79.9. The molecule has 46 heavy (non-hydrogen) atoms. The zero-order valence-electron chi connectivity index (χ0n) is 26.2. The first-order valence-corrected chi connectivity index (χ1v) is 17.2. The summed E-state index contributed by atoms with van der Waals surface area (Å²) in [6, 6.07) is 12.5. The summed E-state index contributed by atoms with van der Waals surface area (Å²) in [5.74, 6) is -0.268. The van der Waals surface area contributed by atoms with Gasteiger partial charge in [-0.25, -0.2) is 4.79 Å². The second kappa shape index (κ2) is 14.5. The van der Waals surface area contributed by atoms with E-state index in [4.69, 9.17) is 11.6 Å². The van der Waals surface area contributed by atoms with E-state index in [1.165, 1.54) is 11.8 Å². The van der Waals surface area contributed by atoms with Gasteiger partial charge in [-0.1, -0.05) is 70.0 Å². The molecule has 0 spiro atoms. The minimum Gasteiger partial charge on any atom is -0.338 e. The number of H-pyrrole nitrogens is 1. The van der Waals surface area contributed by atoms with E-state index >= 15 is 4.79 Å². The van der Waals surface area contributed by atoms with Gasteiger partial charge in [-0.2, -0.15) is 5.10 Å². The van der Waals surface area contributed by atoms with Crippen molar-refractivity contribution in [3.8, 4) is 0 Å². The van der Waals surface area contributed by atoms with Gasteiger partial charge in [-0.05, 0) is 61.6 Å². The van der Waals surface area contributed by atoms with Crippen molar-refractivity contribution >= 4 is 68.0 Å². The van der Waals surface area contributed by atoms with E-state index in [-0.39, 0.29) is 24.3 Å². The highest BCUT2D eigenvalue weighted by Gasteiger charge is 2.60. The van der Waals surface area contributed by atoms with Crippen LogP contribution in [0.1, 0.15) is 44.5 Å². The molecule has 0 saturated carbocycles. The van der Waals surface area contributed by atoms with Crippen LogP contribution in [0.25, 0.3) is 10.9 Å². The number of nitrogens with one attached hydrogen (secondary N) is 2. The average molecular weight is 726 g/mol. The van der Waals surface area contributed by atoms with Gasteiger partial charge in [0.05, 0.1) is 23.7 Å². The number of allylic oxidation sites excluding steroid dienone is 5. The summed E-state index contributed by atoms with van der Waals surface area (Å²) in [6.07, 6.45) is 5.69. The van der Waals surface area contributed by atoms with Crippen LogP contribution in [0, 0.1) is 0 Å². The zero-order valence-corrected chi connectivity index (χ0v) is 29.3. The number of nitrogens with zero attached hydrogens (tertiary/aromatic N) is 4. The molecule has 2 N–H and O–H groups in total. The normalized spacial score (nSPS) is 20.8. The van der Waals surface area contributed by atoms with E-state index in [0.717, 1.165) is 25.9 Å². The molecule has 3 heterocycles. The molecular formula is C34H38BrClN6O3S. The number of hydrogen-bond donors (Lipinski definition) is 2. The third-order valence-corrected chi connectivity index (χ3v) is 10.5. The Kier molecular flexibility index (Phi) is 10.6. The molecule has 2 aromatic carbocycles. The van der Waals surface area contributed by atoms with Crippen LogP contribution in [0.4, 0.5) is 4.79 Å². The third-order valence-electron chi connectivity index (χ3n) is 8.36. The molecule has 9 nitrogen and oxygen atoms in total. The molecule has 2 aliphatic heterocycles. The van der Waals surface area contributed by atoms with E-state index in [2.05, 4.69) is 38.0 Å². The van der Waals surface area contributed by atoms with Crippen LogP contribution in [0.5, 0.6) is 0 Å². The number of rotatable bonds is 9. The largest absolute Gasteiger partial charge is 0.338 e. The first kappa shape index (κ1) is 33.8. The molecule has 242 valence electrons. The van der Waals surface area contributed by atoms with Gasteiger partial charge in [-0.3, -0.25) is 14.7 Å². The lowest BCUT2D eigenvalue weighted by Crippen LogP contribution is -2.58. The summed E-state index contributed by atoms with van der Waals surface area (Å²) < 4.78 is -0.289. The van der Waals surface area contributed by atoms with Crippen molar-refractivity contribution in [3.63, 3.8) is 0 Å². The molecule has 2 fully saturated rings. The first-order chi connectivity index (χ1) is 22.1. The molecule has 5 rings (SSSR count). The summed E-state index contributed by atoms with van der Waals surface area (Å²) in [5, 5.41) is 12.0. The summed E-state index contributed by atoms with van der Waals surface area (Å²) in [7, 11) is 0. The SMILES string of the molecule is C=CC(C)=CC=C(C)SC1(C(=O)N2CCN(C(=O)NCC)CC2)CC(=O)N(Cc2ccc(Br)cc2)C1c1[nH]nc2cc(Cl)ccc12. The number of piperazine rings is 1. The molecule has 0 radical (unpaired) electrons. The molecule has 0 bridgehead atoms. The van der Waals surface area contributed by atoms with E-state index in [1.54, 1.807) is 32.9 Å². The fraction of sp³-hybridized carbons (Fsp3) is 0.353. The van der Waals surface area contributed by atoms with E-state index in [1.807, 2.05) is 63.3 Å². The van der Waals surface area contributed by atoms with E-state index < -0.39 is 10.8 Å². The number of halogens is 2. The molecule has 2 saturated heterocycles. The highest BCUT2D eigenvalue weighted by molar-refractivity contribution is 9.10. The molecule has 0 aliphatic carbocycles. The van der Waals surface area contributed by atoms with Gasteiger partial charge in [0.15, 0.2) is 0 Å². The first-order valence-electron chi connectivity index (χ1n) is 15.2. The van der Waals surface area contributed by atoms with Crippen LogP contribution in [0.2, 0.25) is 5.02 Å². The van der Waals surface area contributed by atoms with Gasteiger partial charge >= 0.3 is 6.03 Å². The lowest BCUT2D eigenvalue weighted by atomic mass is 9.92. The van der Waals surface area contributed by atoms with Crippen molar-refractivity contribution in [2.24, 2.45) is 0 Å². The van der Waals surface area contributed by atoms with Gasteiger partial charge in [0.25, 0.3) is 0 Å². The van der Waals surface area contributed by atoms with E-state index in [0.29, 0.717) is 55.5 Å². The Balaban J connectivity index is 1.63. The van der Waals surface area contributed by atoms with Crippen molar-refractivity contribution in [1.29, 1.82) is 0 Å². The molecule has 3 aromatic rings. The number of benzene rings is 2. The second-order valence-electron chi connectivity index (χ2n) is 11.5. The number of thioether (sulfide) groups is 1. The Morgan fingerprint density at radius 3 is 2.50 bits per heavy atom. The monoisotopic (exact) mass is 724 g/mol. The number of aromatic nitrogens is 2. The van der Waals surface area contributed by atoms with Gasteiger partial charge in [0.1, 0.15) is 4.75 Å². The maximum absolute atomic E-state index is 15.0. The van der Waals surface area contributed by atoms with Crippen LogP contribution in [0.3, 0.4) is 0 Å². The van der Waals surface area contributed by atoms with Gasteiger partial charge < -0.3 is 20.0 Å². The van der Waals surface area contributed by atoms with Crippen molar-refractivity contribution in [3.05, 3.63) is 98.5 Å². The van der Waals surface area contributed by atoms with Crippen LogP contribution in [-0.4, -0.2) is 80.2 Å². The Morgan fingerprint density at radius 2 is 1.83 bits per heavy atom. The van der Waals surface area contributed by atoms with Gasteiger partial charge in [0.2, 0.25) is 11.8 Å². The Bertz CT molecular complexity index is 1700. The minimum atomic E-state index is -1.23. The Labute approximate surface area is 287 Å². The number of aromatic amines is 1. The molecule has 2 aliphatic rings. The third kappa shape index (κ3) is 7.06. The predicted molar refractivity (Wildman–Crippen MR) is 188 cm³/mol. The standard InChI is InChI=1S/C34H38BrClN6O3S/c1-5-22(3)7-8-23(4)46-34(32(44)40-15-17-41(18-16-40)33(45)37-6-2)20-29(43)42(21-24-9-11-25(35)12-10-24)31(34)30-27-14-13-26(36)19-28(27)38-39-30/h5,7-14,19,31H,1,6,15-18,20-21H2,2-4H3,(H,37,45)(H,38,39). The fourth-order valence-corrected chi connectivity index (χ4v) is 7.91. The molecule has 2 unspecified atom stereocenters. The second-order valence-corrected chi connectivity index (χ2v) is 14.5. The number of carbonyl (C=O) groups excluding carboxylic acids is 3. The van der Waals surface area contributed by atoms with Gasteiger partial charge in [-0.15, -0.1) is 11.8 Å². The topological polar surface area (TPSA) is 102 Å². The maximum atomic E-state index is 15.0. The number of amides is 4. The van der Waals surface area contributed by atoms with E-state index in [9.17, 15) is 9.59 Å². The van der Waals surface area contributed by atoms with Crippen LogP contribution in [-0.2, 0) is 16.1 Å². The number of carbonyl (C=O) groups is 3. The number of urea groups is 1. The quantitative estimate of drug-likeness (QED) is 0.236. The minimum absolute atomic E-state index is 0.00231. The zero-order chi connectivity index (χ0) is 33.0. The Morgan fingerprint density at radius 1 is 1.13 bits per heavy atom. The summed E-state index contributed by atoms with van der Waals surface area (Å²) in [6.45, 7) is 12.0. The molecular weight excluding hydrogens is 688 g/mol. The lowest BCUT2D eigenvalue weighted by molar-refractivity contribution is -0.136. The van der Waals surface area contributed by atoms with Crippen LogP contribution >= 0.6 is 39.3 Å². The van der Waals surface area contributed by atoms with Crippen molar-refractivity contribution in [2.75, 3.05) is 32.7 Å². The smallest absolute Gasteiger partial charge is 0.317 e. The average Bonchev–Trinajstić information content (AvgIpc) is 3.57. The molecule has 1 aromatic heterocycles. The molecule has 12 heteroatoms. The van der Waals surface area contributed by atoms with Crippen molar-refractivity contribution in [2.45, 2.75) is 44.5 Å². The fourth-order valence-electron chi connectivity index (χ4n) is 6.00.